The molecule has 0 bridgehead atoms. The molecule has 2 aliphatic rings. The number of nitrogens with one attached hydrogen (secondary N) is 2. The minimum Gasteiger partial charge on any atom is -0.481 e. The summed E-state index contributed by atoms with van der Waals surface area (Å²) in [4.78, 5) is 83.5. The predicted molar refractivity (Wildman–Crippen MR) is 355 cm³/mol. The molecule has 2 amide bonds. The highest BCUT2D eigenvalue weighted by Crippen LogP contribution is 2.45. The molecule has 8 rings (SSSR count). The molecule has 30 heteroatoms. The van der Waals surface area contributed by atoms with Crippen molar-refractivity contribution in [3.63, 3.8) is 0 Å². The van der Waals surface area contributed by atoms with E-state index >= 15 is 17.6 Å². The molecule has 0 spiro atoms. The Balaban J connectivity index is 0.000000291. The summed E-state index contributed by atoms with van der Waals surface area (Å²) in [6.45, 7) is 18.1. The molecule has 14 nitrogen and oxygen atoms in total. The van der Waals surface area contributed by atoms with Gasteiger partial charge in [-0.2, -0.15) is 52.7 Å². The van der Waals surface area contributed by atoms with E-state index in [-0.39, 0.29) is 66.5 Å². The molecule has 2 aliphatic heterocycles. The number of rotatable bonds is 27. The number of carbonyl (C=O) groups excluding carboxylic acids is 3. The van der Waals surface area contributed by atoms with Gasteiger partial charge in [0.1, 0.15) is 35.4 Å². The van der Waals surface area contributed by atoms with Gasteiger partial charge in [0, 0.05) is 46.8 Å². The molecule has 4 aromatic carbocycles. The van der Waals surface area contributed by atoms with Crippen molar-refractivity contribution in [2.75, 3.05) is 45.9 Å². The number of benzene rings is 4. The first-order chi connectivity index (χ1) is 48.4. The summed E-state index contributed by atoms with van der Waals surface area (Å²) in [5.74, 6) is -13.2. The number of aryl methyl sites for hydroxylation is 6. The zero-order chi connectivity index (χ0) is 77.4. The molecule has 2 unspecified atom stereocenters. The quantitative estimate of drug-likeness (QED) is 0.0333. The van der Waals surface area contributed by atoms with E-state index in [1.54, 1.807) is 39.8 Å². The fourth-order valence-electron chi connectivity index (χ4n) is 13.1. The Kier molecular flexibility index (Phi) is 27.2. The van der Waals surface area contributed by atoms with E-state index in [9.17, 15) is 86.6 Å². The van der Waals surface area contributed by atoms with Gasteiger partial charge in [0.15, 0.2) is 0 Å². The molecule has 6 aromatic rings. The molecule has 4 atom stereocenters. The van der Waals surface area contributed by atoms with E-state index in [4.69, 9.17) is 4.74 Å². The molecule has 4 heterocycles. The van der Waals surface area contributed by atoms with Gasteiger partial charge < -0.3 is 39.4 Å². The second-order valence-corrected chi connectivity index (χ2v) is 27.1. The minimum absolute atomic E-state index is 0.00206. The Hall–Kier alpha value is -8.54. The van der Waals surface area contributed by atoms with Crippen LogP contribution in [0.3, 0.4) is 0 Å². The first-order valence-electron chi connectivity index (χ1n) is 33.8. The summed E-state index contributed by atoms with van der Waals surface area (Å²) in [5, 5.41) is 14.1. The van der Waals surface area contributed by atoms with Crippen molar-refractivity contribution < 1.29 is 99.3 Å². The molecule has 2 fully saturated rings. The number of nitrogens with zero attached hydrogens (tertiary/aromatic N) is 4. The number of likely N-dealkylation sites (tertiary alicyclic amines) is 2. The van der Waals surface area contributed by atoms with Gasteiger partial charge in [0.05, 0.1) is 53.8 Å². The van der Waals surface area contributed by atoms with Crippen LogP contribution in [0.1, 0.15) is 177 Å². The van der Waals surface area contributed by atoms with Crippen LogP contribution in [0.4, 0.5) is 70.2 Å². The van der Waals surface area contributed by atoms with Crippen LogP contribution in [0.2, 0.25) is 0 Å². The Morgan fingerprint density at radius 2 is 0.846 bits per heavy atom. The van der Waals surface area contributed by atoms with Gasteiger partial charge in [-0.1, -0.05) is 64.1 Å². The largest absolute Gasteiger partial charge is 0.481 e. The number of esters is 1. The zero-order valence-corrected chi connectivity index (χ0v) is 58.6. The van der Waals surface area contributed by atoms with Crippen molar-refractivity contribution >= 4 is 23.8 Å². The van der Waals surface area contributed by atoms with E-state index in [0.717, 1.165) is 60.5 Å². The number of aromatic nitrogens is 2. The highest BCUT2D eigenvalue weighted by molar-refractivity contribution is 5.84. The Morgan fingerprint density at radius 1 is 0.510 bits per heavy atom. The van der Waals surface area contributed by atoms with Crippen LogP contribution < -0.4 is 21.8 Å². The van der Waals surface area contributed by atoms with E-state index in [0.29, 0.717) is 66.4 Å². The number of carboxylic acid groups (broad SMARTS) is 1. The van der Waals surface area contributed by atoms with Crippen molar-refractivity contribution in [3.8, 4) is 22.3 Å². The van der Waals surface area contributed by atoms with Crippen LogP contribution >= 0.6 is 0 Å². The highest BCUT2D eigenvalue weighted by atomic mass is 19.4. The monoisotopic (exact) mass is 1490 g/mol. The summed E-state index contributed by atoms with van der Waals surface area (Å²) in [6.07, 6.45) is -18.9. The third-order valence-electron chi connectivity index (χ3n) is 18.3. The molecule has 568 valence electrons. The fourth-order valence-corrected chi connectivity index (χ4v) is 13.1. The standard InChI is InChI=1S/C38H43F8N3O4.C36H39F8N3O4/c1-6-53-31(51)19-28(33-34(39)25(17-27(35(33)40)38(44,45)46)32-22(4)10-7-11-23(32)5)47-36(52)29(16-21(2)3)49-20-24(12-8-13-48-14-9-15-48)26(18-30(49)50)37(41,42)43;1-19(2)14-27(47-18-22(10-6-11-46-12-7-13-46)24(16-28(47)48)35(39,40)41)34(51)45-26(17-29(49)50)31-32(37)23(15-25(33(31)38)36(42,43)44)30-20(3)8-5-9-21(30)4/h7,10-11,17-18,20-21,28-29H,6,8-9,12-16,19H2,1-5H3,(H,47,52);5,8-9,15-16,18-19,26-27H,6-7,10-14,17H2,1-4H3,(H,45,51)(H,49,50)/t28-,29?;26-,27?/m00/s1. The van der Waals surface area contributed by atoms with Gasteiger partial charge in [-0.25, -0.2) is 17.6 Å². The van der Waals surface area contributed by atoms with Gasteiger partial charge >= 0.3 is 36.6 Å². The zero-order valence-electron chi connectivity index (χ0n) is 58.6. The average molecular weight is 1490 g/mol. The summed E-state index contributed by atoms with van der Waals surface area (Å²) in [7, 11) is 0. The summed E-state index contributed by atoms with van der Waals surface area (Å²) in [5.41, 5.74) is -11.6. The lowest BCUT2D eigenvalue weighted by atomic mass is 9.89. The summed E-state index contributed by atoms with van der Waals surface area (Å²) < 4.78 is 241. The van der Waals surface area contributed by atoms with Crippen LogP contribution in [0.25, 0.3) is 22.3 Å². The van der Waals surface area contributed by atoms with Gasteiger partial charge in [-0.15, -0.1) is 0 Å². The number of aliphatic carboxylic acids is 1. The second-order valence-electron chi connectivity index (χ2n) is 27.1. The maximum absolute atomic E-state index is 16.6. The van der Waals surface area contributed by atoms with Crippen molar-refractivity contribution in [2.45, 2.75) is 175 Å². The first-order valence-corrected chi connectivity index (χ1v) is 33.8. The fraction of sp³-hybridized carbons (Fsp3) is 0.486. The number of carbonyl (C=O) groups is 4. The summed E-state index contributed by atoms with van der Waals surface area (Å²) >= 11 is 0. The molecule has 2 aromatic heterocycles. The number of alkyl halides is 12. The number of halogens is 16. The number of amides is 2. The molecule has 2 saturated heterocycles. The lowest BCUT2D eigenvalue weighted by Crippen LogP contribution is -2.41. The Labute approximate surface area is 589 Å². The van der Waals surface area contributed by atoms with Gasteiger partial charge in [0.25, 0.3) is 11.1 Å². The number of hydrogen-bond donors (Lipinski definition) is 3. The molecular weight excluding hydrogens is 1400 g/mol. The number of pyridine rings is 2. The maximum Gasteiger partial charge on any atom is 0.419 e. The molecule has 0 radical (unpaired) electrons. The van der Waals surface area contributed by atoms with Gasteiger partial charge in [-0.05, 0) is 194 Å². The van der Waals surface area contributed by atoms with Crippen LogP contribution in [-0.4, -0.2) is 93.7 Å². The van der Waals surface area contributed by atoms with Crippen molar-refractivity contribution in [2.24, 2.45) is 11.8 Å². The maximum atomic E-state index is 16.6. The summed E-state index contributed by atoms with van der Waals surface area (Å²) in [6, 6.07) is 3.04. The molecule has 3 N–H and O–H groups in total. The molecule has 104 heavy (non-hydrogen) atoms. The first kappa shape index (κ1) is 82.7. The van der Waals surface area contributed by atoms with E-state index in [2.05, 4.69) is 15.5 Å². The highest BCUT2D eigenvalue weighted by Gasteiger charge is 2.44. The third kappa shape index (κ3) is 20.3. The van der Waals surface area contributed by atoms with E-state index in [1.807, 2.05) is 4.90 Å². The lowest BCUT2D eigenvalue weighted by Gasteiger charge is -2.30. The Bertz CT molecular complexity index is 4190. The SMILES string of the molecule is CCOC(=O)C[C@H](NC(=O)C(CC(C)C)n1cc(CCCN2CCC2)c(C(F)(F)F)cc1=O)c1c(F)c(-c2c(C)cccc2C)cc(C(F)(F)F)c1F.Cc1cccc(C)c1-c1cc(C(F)(F)F)c(F)c([C@H](CC(=O)O)NC(=O)C(CC(C)C)n2cc(CCCN3CCC3)c(C(F)(F)F)cc2=O)c1F. The van der Waals surface area contributed by atoms with Gasteiger partial charge in [-0.3, -0.25) is 28.8 Å². The lowest BCUT2D eigenvalue weighted by molar-refractivity contribution is -0.144. The average Bonchev–Trinajstić information content (AvgIpc) is 0.762. The van der Waals surface area contributed by atoms with Crippen LogP contribution in [0.15, 0.2) is 82.6 Å². The molecule has 0 saturated carbocycles. The smallest absolute Gasteiger partial charge is 0.419 e. The molecule has 0 aliphatic carbocycles. The number of hydrogen-bond acceptors (Lipinski definition) is 9. The predicted octanol–water partition coefficient (Wildman–Crippen LogP) is 16.5. The normalized spacial score (nSPS) is 15.0. The van der Waals surface area contributed by atoms with Gasteiger partial charge in [0.2, 0.25) is 11.8 Å². The van der Waals surface area contributed by atoms with E-state index in [1.165, 1.54) is 58.9 Å². The Morgan fingerprint density at radius 3 is 1.13 bits per heavy atom. The van der Waals surface area contributed by atoms with Crippen LogP contribution in [0.5, 0.6) is 0 Å². The van der Waals surface area contributed by atoms with Crippen molar-refractivity contribution in [1.29, 1.82) is 0 Å². The van der Waals surface area contributed by atoms with Crippen LogP contribution in [-0.2, 0) is 61.5 Å². The topological polar surface area (TPSA) is 172 Å². The van der Waals surface area contributed by atoms with E-state index < -0.39 is 170 Å². The second kappa shape index (κ2) is 34.1. The number of ether oxygens (including phenoxy) is 1. The minimum atomic E-state index is -5.37. The van der Waals surface area contributed by atoms with Crippen LogP contribution in [0, 0.1) is 62.8 Å². The third-order valence-corrected chi connectivity index (χ3v) is 18.3. The van der Waals surface area contributed by atoms with Crippen molar-refractivity contribution in [3.05, 3.63) is 184 Å². The number of carboxylic acids is 1. The molecular formula is C74H82F16N6O8. The van der Waals surface area contributed by atoms with Crippen molar-refractivity contribution in [1.82, 2.24) is 29.6 Å².